The number of aliphatic hydroxyl groups excluding tert-OH is 1. The SMILES string of the molecule is CCCCc1ccc(C[C@H]2CO[C@H](c3ccc(OC)c(OC)c3)[C@H]2CO)cc1. The van der Waals surface area contributed by atoms with E-state index in [4.69, 9.17) is 14.2 Å². The van der Waals surface area contributed by atoms with E-state index in [0.717, 1.165) is 18.4 Å². The van der Waals surface area contributed by atoms with Crippen LogP contribution in [0.3, 0.4) is 0 Å². The number of methoxy groups -OCH3 is 2. The fourth-order valence-electron chi connectivity index (χ4n) is 4.08. The number of rotatable bonds is 9. The molecule has 1 fully saturated rings. The molecule has 2 aromatic carbocycles. The predicted molar refractivity (Wildman–Crippen MR) is 111 cm³/mol. The third-order valence-corrected chi connectivity index (χ3v) is 5.77. The van der Waals surface area contributed by atoms with Gasteiger partial charge in [0.25, 0.3) is 0 Å². The first-order chi connectivity index (χ1) is 13.7. The molecule has 3 atom stereocenters. The predicted octanol–water partition coefficient (Wildman–Crippen LogP) is 4.59. The van der Waals surface area contributed by atoms with E-state index in [1.54, 1.807) is 14.2 Å². The first-order valence-corrected chi connectivity index (χ1v) is 10.2. The lowest BCUT2D eigenvalue weighted by Crippen LogP contribution is -2.21. The van der Waals surface area contributed by atoms with Gasteiger partial charge in [-0.3, -0.25) is 0 Å². The van der Waals surface area contributed by atoms with Crippen molar-refractivity contribution in [3.8, 4) is 11.5 Å². The van der Waals surface area contributed by atoms with Crippen LogP contribution in [0.5, 0.6) is 11.5 Å². The maximum absolute atomic E-state index is 10.1. The first kappa shape index (κ1) is 20.7. The molecular formula is C24H32O4. The Kier molecular flexibility index (Phi) is 7.35. The van der Waals surface area contributed by atoms with Gasteiger partial charge in [-0.2, -0.15) is 0 Å². The van der Waals surface area contributed by atoms with Crippen LogP contribution in [-0.2, 0) is 17.6 Å². The van der Waals surface area contributed by atoms with Crippen LogP contribution in [0, 0.1) is 11.8 Å². The van der Waals surface area contributed by atoms with Crippen LogP contribution < -0.4 is 9.47 Å². The number of aliphatic hydroxyl groups is 1. The topological polar surface area (TPSA) is 47.9 Å². The molecule has 4 nitrogen and oxygen atoms in total. The van der Waals surface area contributed by atoms with E-state index in [-0.39, 0.29) is 18.6 Å². The van der Waals surface area contributed by atoms with Crippen LogP contribution in [0.2, 0.25) is 0 Å². The molecule has 0 aromatic heterocycles. The van der Waals surface area contributed by atoms with Crippen molar-refractivity contribution >= 4 is 0 Å². The Morgan fingerprint density at radius 2 is 1.71 bits per heavy atom. The molecule has 1 aliphatic rings. The van der Waals surface area contributed by atoms with Crippen LogP contribution in [0.25, 0.3) is 0 Å². The number of hydrogen-bond donors (Lipinski definition) is 1. The minimum atomic E-state index is -0.126. The van der Waals surface area contributed by atoms with Gasteiger partial charge >= 0.3 is 0 Å². The van der Waals surface area contributed by atoms with Crippen LogP contribution >= 0.6 is 0 Å². The minimum absolute atomic E-state index is 0.0675. The van der Waals surface area contributed by atoms with E-state index in [9.17, 15) is 5.11 Å². The van der Waals surface area contributed by atoms with Crippen molar-refractivity contribution in [3.63, 3.8) is 0 Å². The number of aryl methyl sites for hydroxylation is 1. The van der Waals surface area contributed by atoms with Crippen molar-refractivity contribution < 1.29 is 19.3 Å². The number of benzene rings is 2. The molecular weight excluding hydrogens is 352 g/mol. The number of hydrogen-bond acceptors (Lipinski definition) is 4. The standard InChI is InChI=1S/C24H32O4/c1-4-5-6-17-7-9-18(10-8-17)13-20-16-28-24(21(20)15-25)19-11-12-22(26-2)23(14-19)27-3/h7-12,14,20-21,24-25H,4-6,13,15-16H2,1-3H3/t20-,21-,24+/m0/s1. The third kappa shape index (κ3) is 4.68. The highest BCUT2D eigenvalue weighted by molar-refractivity contribution is 5.44. The Balaban J connectivity index is 1.70. The van der Waals surface area contributed by atoms with Gasteiger partial charge in [0.2, 0.25) is 0 Å². The largest absolute Gasteiger partial charge is 0.493 e. The zero-order valence-electron chi connectivity index (χ0n) is 17.2. The molecule has 1 saturated heterocycles. The summed E-state index contributed by atoms with van der Waals surface area (Å²) < 4.78 is 16.9. The van der Waals surface area contributed by atoms with Crippen molar-refractivity contribution in [1.82, 2.24) is 0 Å². The van der Waals surface area contributed by atoms with Crippen LogP contribution in [0.4, 0.5) is 0 Å². The Morgan fingerprint density at radius 1 is 1.00 bits per heavy atom. The van der Waals surface area contributed by atoms with Crippen LogP contribution in [0.1, 0.15) is 42.6 Å². The van der Waals surface area contributed by atoms with Gasteiger partial charge in [0.1, 0.15) is 0 Å². The average Bonchev–Trinajstić information content (AvgIpc) is 3.15. The molecule has 1 N–H and O–H groups in total. The molecule has 0 spiro atoms. The van der Waals surface area contributed by atoms with Gasteiger partial charge in [0, 0.05) is 12.5 Å². The van der Waals surface area contributed by atoms with E-state index in [1.807, 2.05) is 18.2 Å². The zero-order chi connectivity index (χ0) is 19.9. The van der Waals surface area contributed by atoms with Crippen molar-refractivity contribution in [1.29, 1.82) is 0 Å². The minimum Gasteiger partial charge on any atom is -0.493 e. The Morgan fingerprint density at radius 3 is 2.36 bits per heavy atom. The van der Waals surface area contributed by atoms with Crippen LogP contribution in [0.15, 0.2) is 42.5 Å². The summed E-state index contributed by atoms with van der Waals surface area (Å²) in [6.07, 6.45) is 4.39. The summed E-state index contributed by atoms with van der Waals surface area (Å²) in [4.78, 5) is 0. The van der Waals surface area contributed by atoms with E-state index < -0.39 is 0 Å². The van der Waals surface area contributed by atoms with E-state index >= 15 is 0 Å². The van der Waals surface area contributed by atoms with Gasteiger partial charge in [-0.05, 0) is 54.0 Å². The average molecular weight is 385 g/mol. The molecule has 0 unspecified atom stereocenters. The van der Waals surface area contributed by atoms with Gasteiger partial charge in [-0.15, -0.1) is 0 Å². The normalized spacial score (nSPS) is 21.6. The smallest absolute Gasteiger partial charge is 0.161 e. The molecule has 0 bridgehead atoms. The van der Waals surface area contributed by atoms with Crippen LogP contribution in [-0.4, -0.2) is 32.5 Å². The van der Waals surface area contributed by atoms with Gasteiger partial charge in [-0.25, -0.2) is 0 Å². The molecule has 152 valence electrons. The zero-order valence-corrected chi connectivity index (χ0v) is 17.2. The lowest BCUT2D eigenvalue weighted by molar-refractivity contribution is 0.0717. The summed E-state index contributed by atoms with van der Waals surface area (Å²) in [6, 6.07) is 14.8. The third-order valence-electron chi connectivity index (χ3n) is 5.77. The fourth-order valence-corrected chi connectivity index (χ4v) is 4.08. The van der Waals surface area contributed by atoms with E-state index in [1.165, 1.54) is 24.0 Å². The maximum Gasteiger partial charge on any atom is 0.161 e. The van der Waals surface area contributed by atoms with E-state index in [0.29, 0.717) is 24.0 Å². The number of unbranched alkanes of at least 4 members (excludes halogenated alkanes) is 1. The second kappa shape index (κ2) is 9.94. The molecule has 4 heteroatoms. The molecule has 0 radical (unpaired) electrons. The van der Waals surface area contributed by atoms with Crippen molar-refractivity contribution in [2.75, 3.05) is 27.4 Å². The Labute approximate surface area is 168 Å². The highest BCUT2D eigenvalue weighted by Gasteiger charge is 2.38. The van der Waals surface area contributed by atoms with Gasteiger partial charge in [0.15, 0.2) is 11.5 Å². The van der Waals surface area contributed by atoms with Gasteiger partial charge in [0.05, 0.1) is 26.9 Å². The molecule has 2 aromatic rings. The second-order valence-corrected chi connectivity index (χ2v) is 7.60. The second-order valence-electron chi connectivity index (χ2n) is 7.60. The van der Waals surface area contributed by atoms with Crippen molar-refractivity contribution in [3.05, 3.63) is 59.2 Å². The molecule has 0 amide bonds. The molecule has 1 heterocycles. The lowest BCUT2D eigenvalue weighted by Gasteiger charge is -2.22. The summed E-state index contributed by atoms with van der Waals surface area (Å²) in [6.45, 7) is 2.98. The quantitative estimate of drug-likeness (QED) is 0.687. The Hall–Kier alpha value is -2.04. The fraction of sp³-hybridized carbons (Fsp3) is 0.500. The molecule has 1 aliphatic heterocycles. The summed E-state index contributed by atoms with van der Waals surface area (Å²) in [7, 11) is 3.26. The molecule has 3 rings (SSSR count). The van der Waals surface area contributed by atoms with Gasteiger partial charge < -0.3 is 19.3 Å². The lowest BCUT2D eigenvalue weighted by atomic mass is 9.84. The number of ether oxygens (including phenoxy) is 3. The molecule has 0 saturated carbocycles. The highest BCUT2D eigenvalue weighted by atomic mass is 16.5. The molecule has 28 heavy (non-hydrogen) atoms. The summed E-state index contributed by atoms with van der Waals surface area (Å²) >= 11 is 0. The summed E-state index contributed by atoms with van der Waals surface area (Å²) in [5.41, 5.74) is 3.73. The monoisotopic (exact) mass is 384 g/mol. The Bertz CT molecular complexity index is 741. The van der Waals surface area contributed by atoms with Gasteiger partial charge in [-0.1, -0.05) is 43.7 Å². The highest BCUT2D eigenvalue weighted by Crippen LogP contribution is 2.42. The maximum atomic E-state index is 10.1. The van der Waals surface area contributed by atoms with Crippen molar-refractivity contribution in [2.24, 2.45) is 11.8 Å². The first-order valence-electron chi connectivity index (χ1n) is 10.2. The molecule has 0 aliphatic carbocycles. The summed E-state index contributed by atoms with van der Waals surface area (Å²) in [5.74, 6) is 1.75. The summed E-state index contributed by atoms with van der Waals surface area (Å²) in [5, 5.41) is 10.1. The van der Waals surface area contributed by atoms with E-state index in [2.05, 4.69) is 31.2 Å². The van der Waals surface area contributed by atoms with Crippen molar-refractivity contribution in [2.45, 2.75) is 38.7 Å².